The predicted molar refractivity (Wildman–Crippen MR) is 101 cm³/mol. The van der Waals surface area contributed by atoms with E-state index in [4.69, 9.17) is 23.8 Å². The van der Waals surface area contributed by atoms with E-state index in [9.17, 15) is 8.78 Å². The number of nitrogens with zero attached hydrogens (tertiary/aromatic N) is 2. The third-order valence-electron chi connectivity index (χ3n) is 4.16. The fourth-order valence-electron chi connectivity index (χ4n) is 2.74. The monoisotopic (exact) mass is 381 g/mol. The van der Waals surface area contributed by atoms with E-state index < -0.39 is 0 Å². The zero-order valence-corrected chi connectivity index (χ0v) is 15.1. The Morgan fingerprint density at radius 2 is 1.64 bits per heavy atom. The van der Waals surface area contributed by atoms with Gasteiger partial charge >= 0.3 is 0 Å². The summed E-state index contributed by atoms with van der Waals surface area (Å²) in [6.07, 6.45) is 0. The number of halogens is 3. The zero-order chi connectivity index (χ0) is 17.8. The van der Waals surface area contributed by atoms with Crippen molar-refractivity contribution < 1.29 is 8.78 Å². The maximum atomic E-state index is 13.1. The van der Waals surface area contributed by atoms with E-state index in [1.165, 1.54) is 24.3 Å². The van der Waals surface area contributed by atoms with Crippen molar-refractivity contribution in [3.63, 3.8) is 0 Å². The van der Waals surface area contributed by atoms with E-state index in [1.807, 2.05) is 0 Å². The van der Waals surface area contributed by atoms with E-state index in [1.54, 1.807) is 18.2 Å². The second-order valence-electron chi connectivity index (χ2n) is 5.94. The number of hydrogen-bond acceptors (Lipinski definition) is 2. The average molecular weight is 382 g/mol. The van der Waals surface area contributed by atoms with Crippen LogP contribution in [0.4, 0.5) is 14.5 Å². The van der Waals surface area contributed by atoms with Crippen LogP contribution in [0.2, 0.25) is 5.02 Å². The van der Waals surface area contributed by atoms with Gasteiger partial charge in [-0.05, 0) is 54.2 Å². The molecule has 25 heavy (non-hydrogen) atoms. The summed E-state index contributed by atoms with van der Waals surface area (Å²) in [7, 11) is 0. The first kappa shape index (κ1) is 18.0. The Labute approximate surface area is 156 Å². The highest BCUT2D eigenvalue weighted by Crippen LogP contribution is 2.20. The highest BCUT2D eigenvalue weighted by molar-refractivity contribution is 7.80. The molecule has 2 aromatic carbocycles. The van der Waals surface area contributed by atoms with Crippen LogP contribution in [0.3, 0.4) is 0 Å². The predicted octanol–water partition coefficient (Wildman–Crippen LogP) is 4.13. The Hall–Kier alpha value is -1.76. The van der Waals surface area contributed by atoms with Crippen LogP contribution in [0, 0.1) is 11.6 Å². The largest absolute Gasteiger partial charge is 0.346 e. The minimum absolute atomic E-state index is 0.274. The van der Waals surface area contributed by atoms with Crippen LogP contribution in [-0.4, -0.2) is 41.1 Å². The molecule has 1 fully saturated rings. The Bertz CT molecular complexity index is 746. The molecule has 0 bridgehead atoms. The van der Waals surface area contributed by atoms with Crippen LogP contribution in [0.15, 0.2) is 42.5 Å². The molecule has 0 aromatic heterocycles. The molecular weight excluding hydrogens is 364 g/mol. The molecule has 0 aliphatic carbocycles. The first-order valence-corrected chi connectivity index (χ1v) is 8.77. The summed E-state index contributed by atoms with van der Waals surface area (Å²) in [6.45, 7) is 3.92. The lowest BCUT2D eigenvalue weighted by Gasteiger charge is -2.36. The van der Waals surface area contributed by atoms with Gasteiger partial charge in [0.15, 0.2) is 5.11 Å². The molecule has 3 nitrogen and oxygen atoms in total. The second kappa shape index (κ2) is 8.08. The van der Waals surface area contributed by atoms with Gasteiger partial charge in [-0.1, -0.05) is 17.7 Å². The molecule has 132 valence electrons. The van der Waals surface area contributed by atoms with Gasteiger partial charge in [0, 0.05) is 43.4 Å². The Morgan fingerprint density at radius 3 is 2.28 bits per heavy atom. The van der Waals surface area contributed by atoms with Crippen LogP contribution in [0.25, 0.3) is 0 Å². The fraction of sp³-hybridized carbons (Fsp3) is 0.278. The molecule has 1 heterocycles. The summed E-state index contributed by atoms with van der Waals surface area (Å²) < 4.78 is 26.1. The minimum atomic E-state index is -0.323. The van der Waals surface area contributed by atoms with E-state index in [2.05, 4.69) is 15.1 Å². The normalized spacial score (nSPS) is 15.2. The van der Waals surface area contributed by atoms with Crippen LogP contribution >= 0.6 is 23.8 Å². The van der Waals surface area contributed by atoms with Gasteiger partial charge in [-0.2, -0.15) is 0 Å². The SMILES string of the molecule is Fc1ccc(NC(=S)N2CCN(Cc3ccc(F)cc3Cl)CC2)cc1. The van der Waals surface area contributed by atoms with Gasteiger partial charge in [-0.25, -0.2) is 8.78 Å². The Balaban J connectivity index is 1.51. The molecule has 1 N–H and O–H groups in total. The Kier molecular flexibility index (Phi) is 5.83. The van der Waals surface area contributed by atoms with Gasteiger partial charge in [-0.15, -0.1) is 0 Å². The molecular formula is C18H18ClF2N3S. The van der Waals surface area contributed by atoms with Crippen LogP contribution < -0.4 is 5.32 Å². The average Bonchev–Trinajstić information content (AvgIpc) is 2.60. The number of benzene rings is 2. The van der Waals surface area contributed by atoms with Gasteiger partial charge in [0.05, 0.1) is 0 Å². The fourth-order valence-corrected chi connectivity index (χ4v) is 3.26. The first-order valence-electron chi connectivity index (χ1n) is 7.99. The van der Waals surface area contributed by atoms with E-state index in [0.29, 0.717) is 16.7 Å². The van der Waals surface area contributed by atoms with Gasteiger partial charge in [0.1, 0.15) is 11.6 Å². The summed E-state index contributed by atoms with van der Waals surface area (Å²) in [5, 5.41) is 4.21. The van der Waals surface area contributed by atoms with Crippen molar-refractivity contribution >= 4 is 34.6 Å². The number of hydrogen-bond donors (Lipinski definition) is 1. The lowest BCUT2D eigenvalue weighted by Crippen LogP contribution is -2.49. The summed E-state index contributed by atoms with van der Waals surface area (Å²) in [5.41, 5.74) is 1.69. The number of piperazine rings is 1. The molecule has 0 amide bonds. The molecule has 2 aromatic rings. The number of rotatable bonds is 3. The molecule has 0 radical (unpaired) electrons. The van der Waals surface area contributed by atoms with Crippen molar-refractivity contribution in [2.75, 3.05) is 31.5 Å². The Morgan fingerprint density at radius 1 is 1.00 bits per heavy atom. The molecule has 3 rings (SSSR count). The lowest BCUT2D eigenvalue weighted by molar-refractivity contribution is 0.177. The topological polar surface area (TPSA) is 18.5 Å². The van der Waals surface area contributed by atoms with Crippen molar-refractivity contribution in [2.45, 2.75) is 6.54 Å². The molecule has 0 spiro atoms. The number of thiocarbonyl (C=S) groups is 1. The summed E-state index contributed by atoms with van der Waals surface area (Å²) in [5.74, 6) is -0.597. The number of anilines is 1. The smallest absolute Gasteiger partial charge is 0.173 e. The van der Waals surface area contributed by atoms with Gasteiger partial charge < -0.3 is 10.2 Å². The molecule has 0 atom stereocenters. The highest BCUT2D eigenvalue weighted by Gasteiger charge is 2.19. The standard InChI is InChI=1S/C18H18ClF2N3S/c19-17-11-15(21)2-1-13(17)12-23-7-9-24(10-8-23)18(25)22-16-5-3-14(20)4-6-16/h1-6,11H,7-10,12H2,(H,22,25). The molecule has 1 aliphatic rings. The van der Waals surface area contributed by atoms with E-state index >= 15 is 0 Å². The third-order valence-corrected chi connectivity index (χ3v) is 4.88. The molecule has 7 heteroatoms. The van der Waals surface area contributed by atoms with Crippen molar-refractivity contribution in [3.05, 3.63) is 64.7 Å². The first-order chi connectivity index (χ1) is 12.0. The van der Waals surface area contributed by atoms with Crippen molar-refractivity contribution in [1.29, 1.82) is 0 Å². The molecule has 0 unspecified atom stereocenters. The second-order valence-corrected chi connectivity index (χ2v) is 6.73. The molecule has 1 saturated heterocycles. The van der Waals surface area contributed by atoms with Gasteiger partial charge in [0.25, 0.3) is 0 Å². The van der Waals surface area contributed by atoms with Crippen molar-refractivity contribution in [3.8, 4) is 0 Å². The van der Waals surface area contributed by atoms with Crippen LogP contribution in [-0.2, 0) is 6.54 Å². The van der Waals surface area contributed by atoms with Crippen molar-refractivity contribution in [1.82, 2.24) is 9.80 Å². The summed E-state index contributed by atoms with van der Waals surface area (Å²) in [4.78, 5) is 4.34. The van der Waals surface area contributed by atoms with Gasteiger partial charge in [0.2, 0.25) is 0 Å². The molecule has 1 aliphatic heterocycles. The van der Waals surface area contributed by atoms with Crippen molar-refractivity contribution in [2.24, 2.45) is 0 Å². The maximum Gasteiger partial charge on any atom is 0.173 e. The van der Waals surface area contributed by atoms with Gasteiger partial charge in [-0.3, -0.25) is 4.90 Å². The molecule has 0 saturated carbocycles. The maximum absolute atomic E-state index is 13.1. The summed E-state index contributed by atoms with van der Waals surface area (Å²) in [6, 6.07) is 10.6. The summed E-state index contributed by atoms with van der Waals surface area (Å²) >= 11 is 11.5. The van der Waals surface area contributed by atoms with Crippen LogP contribution in [0.5, 0.6) is 0 Å². The zero-order valence-electron chi connectivity index (χ0n) is 13.5. The number of nitrogens with one attached hydrogen (secondary N) is 1. The highest BCUT2D eigenvalue weighted by atomic mass is 35.5. The lowest BCUT2D eigenvalue weighted by atomic mass is 10.2. The van der Waals surface area contributed by atoms with Crippen LogP contribution in [0.1, 0.15) is 5.56 Å². The van der Waals surface area contributed by atoms with E-state index in [-0.39, 0.29) is 11.6 Å². The minimum Gasteiger partial charge on any atom is -0.346 e. The third kappa shape index (κ3) is 4.87. The quantitative estimate of drug-likeness (QED) is 0.805. The van der Waals surface area contributed by atoms with E-state index in [0.717, 1.165) is 37.4 Å².